The molecule has 15 heavy (non-hydrogen) atoms. The predicted molar refractivity (Wildman–Crippen MR) is 66.0 cm³/mol. The number of hydrogen-bond donors (Lipinski definition) is 2. The topological polar surface area (TPSA) is 50.9 Å². The Labute approximate surface area is 98.9 Å². The third-order valence-corrected chi connectivity index (χ3v) is 2.85. The Morgan fingerprint density at radius 3 is 3.00 bits per heavy atom. The number of aromatic nitrogens is 1. The molecule has 0 saturated heterocycles. The molecule has 4 heteroatoms. The Morgan fingerprint density at radius 1 is 1.73 bits per heavy atom. The molecule has 0 amide bonds. The number of pyridine rings is 1. The lowest BCUT2D eigenvalue weighted by atomic mass is 10.0. The second kappa shape index (κ2) is 6.00. The maximum absolute atomic E-state index is 5.52. The average molecular weight is 270 g/mol. The Morgan fingerprint density at radius 2 is 2.47 bits per heavy atom. The van der Waals surface area contributed by atoms with Crippen molar-refractivity contribution in [3.05, 3.63) is 40.6 Å². The van der Waals surface area contributed by atoms with Gasteiger partial charge in [-0.3, -0.25) is 16.3 Å². The van der Waals surface area contributed by atoms with Crippen molar-refractivity contribution in [2.75, 3.05) is 0 Å². The highest BCUT2D eigenvalue weighted by Crippen LogP contribution is 2.24. The van der Waals surface area contributed by atoms with E-state index in [1.54, 1.807) is 6.20 Å². The first-order valence-corrected chi connectivity index (χ1v) is 5.65. The Hall–Kier alpha value is -0.710. The number of nitrogens with two attached hydrogens (primary N) is 1. The van der Waals surface area contributed by atoms with Gasteiger partial charge in [0.05, 0.1) is 11.7 Å². The van der Waals surface area contributed by atoms with Crippen LogP contribution in [0.2, 0.25) is 0 Å². The van der Waals surface area contributed by atoms with Gasteiger partial charge in [-0.2, -0.15) is 0 Å². The van der Waals surface area contributed by atoms with Gasteiger partial charge < -0.3 is 0 Å². The van der Waals surface area contributed by atoms with Gasteiger partial charge in [0.1, 0.15) is 0 Å². The first-order chi connectivity index (χ1) is 7.15. The molecule has 0 radical (unpaired) electrons. The zero-order valence-corrected chi connectivity index (χ0v) is 10.4. The highest BCUT2D eigenvalue weighted by atomic mass is 79.9. The summed E-state index contributed by atoms with van der Waals surface area (Å²) < 4.78 is 0.981. The third kappa shape index (κ3) is 3.74. The summed E-state index contributed by atoms with van der Waals surface area (Å²) in [5, 5.41) is 0. The Balaban J connectivity index is 2.74. The highest BCUT2D eigenvalue weighted by Gasteiger charge is 2.13. The molecule has 1 aromatic heterocycles. The fraction of sp³-hybridized carbons (Fsp3) is 0.364. The van der Waals surface area contributed by atoms with E-state index in [0.717, 1.165) is 28.6 Å². The van der Waals surface area contributed by atoms with E-state index in [0.29, 0.717) is 0 Å². The number of halogens is 1. The second-order valence-electron chi connectivity index (χ2n) is 3.59. The second-order valence-corrected chi connectivity index (χ2v) is 4.44. The van der Waals surface area contributed by atoms with Crippen LogP contribution in [0, 0.1) is 0 Å². The van der Waals surface area contributed by atoms with Gasteiger partial charge in [0.2, 0.25) is 0 Å². The molecule has 82 valence electrons. The fourth-order valence-corrected chi connectivity index (χ4v) is 1.88. The zero-order valence-electron chi connectivity index (χ0n) is 8.83. The normalized spacial score (nSPS) is 12.5. The minimum Gasteiger partial charge on any atom is -0.271 e. The molecule has 0 spiro atoms. The molecule has 1 rings (SSSR count). The molecule has 0 aliphatic rings. The molecule has 1 unspecified atom stereocenters. The van der Waals surface area contributed by atoms with Crippen LogP contribution in [0.25, 0.3) is 0 Å². The van der Waals surface area contributed by atoms with Gasteiger partial charge in [-0.25, -0.2) is 0 Å². The molecule has 0 fully saturated rings. The summed E-state index contributed by atoms with van der Waals surface area (Å²) in [6, 6.07) is 3.92. The van der Waals surface area contributed by atoms with Gasteiger partial charge in [-0.15, -0.1) is 6.58 Å². The molecule has 1 heterocycles. The molecular formula is C11H16BrN3. The molecule has 1 atom stereocenters. The summed E-state index contributed by atoms with van der Waals surface area (Å²) in [5.74, 6) is 5.52. The summed E-state index contributed by atoms with van der Waals surface area (Å²) in [4.78, 5) is 4.31. The van der Waals surface area contributed by atoms with E-state index in [1.165, 1.54) is 0 Å². The van der Waals surface area contributed by atoms with Crippen LogP contribution < -0.4 is 11.3 Å². The summed E-state index contributed by atoms with van der Waals surface area (Å²) in [6.45, 7) is 5.89. The van der Waals surface area contributed by atoms with E-state index in [4.69, 9.17) is 5.84 Å². The molecular weight excluding hydrogens is 254 g/mol. The number of hydrogen-bond acceptors (Lipinski definition) is 3. The van der Waals surface area contributed by atoms with E-state index in [2.05, 4.69) is 32.9 Å². The predicted octanol–water partition coefficient (Wildman–Crippen LogP) is 2.70. The lowest BCUT2D eigenvalue weighted by molar-refractivity contribution is 0.502. The lowest BCUT2D eigenvalue weighted by Gasteiger charge is -2.16. The molecule has 0 aromatic carbocycles. The zero-order chi connectivity index (χ0) is 11.3. The Kier molecular flexibility index (Phi) is 4.94. The van der Waals surface area contributed by atoms with Gasteiger partial charge >= 0.3 is 0 Å². The number of nitrogens with zero attached hydrogens (tertiary/aromatic N) is 1. The molecule has 1 aromatic rings. The van der Waals surface area contributed by atoms with Gasteiger partial charge in [0.15, 0.2) is 0 Å². The van der Waals surface area contributed by atoms with Crippen LogP contribution in [0.5, 0.6) is 0 Å². The van der Waals surface area contributed by atoms with Crippen LogP contribution in [0.4, 0.5) is 0 Å². The van der Waals surface area contributed by atoms with Crippen LogP contribution in [0.15, 0.2) is 35.0 Å². The minimum absolute atomic E-state index is 0.0669. The van der Waals surface area contributed by atoms with Crippen molar-refractivity contribution in [1.82, 2.24) is 10.4 Å². The molecule has 0 bridgehead atoms. The molecule has 0 aliphatic heterocycles. The van der Waals surface area contributed by atoms with Gasteiger partial charge in [0.25, 0.3) is 0 Å². The maximum atomic E-state index is 5.52. The Bertz CT molecular complexity index is 338. The molecule has 0 aliphatic carbocycles. The lowest BCUT2D eigenvalue weighted by Crippen LogP contribution is -2.29. The number of allylic oxidation sites excluding steroid dienone is 1. The number of rotatable bonds is 5. The summed E-state index contributed by atoms with van der Waals surface area (Å²) >= 11 is 3.46. The van der Waals surface area contributed by atoms with Crippen LogP contribution >= 0.6 is 15.9 Å². The van der Waals surface area contributed by atoms with Crippen molar-refractivity contribution in [1.29, 1.82) is 0 Å². The first-order valence-electron chi connectivity index (χ1n) is 4.86. The van der Waals surface area contributed by atoms with E-state index < -0.39 is 0 Å². The maximum Gasteiger partial charge on any atom is 0.0728 e. The van der Waals surface area contributed by atoms with Gasteiger partial charge in [0, 0.05) is 10.7 Å². The monoisotopic (exact) mass is 269 g/mol. The van der Waals surface area contributed by atoms with Crippen molar-refractivity contribution in [2.45, 2.75) is 25.8 Å². The third-order valence-electron chi connectivity index (χ3n) is 2.18. The van der Waals surface area contributed by atoms with E-state index in [-0.39, 0.29) is 6.04 Å². The van der Waals surface area contributed by atoms with Crippen LogP contribution in [-0.2, 0) is 0 Å². The highest BCUT2D eigenvalue weighted by molar-refractivity contribution is 9.10. The summed E-state index contributed by atoms with van der Waals surface area (Å²) in [5.41, 5.74) is 4.88. The van der Waals surface area contributed by atoms with Crippen LogP contribution in [0.1, 0.15) is 31.5 Å². The van der Waals surface area contributed by atoms with Gasteiger partial charge in [-0.1, -0.05) is 5.57 Å². The number of hydrazine groups is 1. The average Bonchev–Trinajstić information content (AvgIpc) is 2.21. The van der Waals surface area contributed by atoms with E-state index in [1.807, 2.05) is 19.1 Å². The quantitative estimate of drug-likeness (QED) is 0.491. The SMILES string of the molecule is C=C(C)CCC(NN)c1ncccc1Br. The van der Waals surface area contributed by atoms with Crippen molar-refractivity contribution < 1.29 is 0 Å². The van der Waals surface area contributed by atoms with Crippen LogP contribution in [0.3, 0.4) is 0 Å². The summed E-state index contributed by atoms with van der Waals surface area (Å²) in [7, 11) is 0. The van der Waals surface area contributed by atoms with E-state index >= 15 is 0 Å². The standard InChI is InChI=1S/C11H16BrN3/c1-8(2)5-6-10(15-13)11-9(12)4-3-7-14-11/h3-4,7,10,15H,1,5-6,13H2,2H3. The van der Waals surface area contributed by atoms with Crippen molar-refractivity contribution >= 4 is 15.9 Å². The van der Waals surface area contributed by atoms with E-state index in [9.17, 15) is 0 Å². The minimum atomic E-state index is 0.0669. The van der Waals surface area contributed by atoms with Crippen LogP contribution in [-0.4, -0.2) is 4.98 Å². The van der Waals surface area contributed by atoms with Gasteiger partial charge in [-0.05, 0) is 47.8 Å². The van der Waals surface area contributed by atoms with Crippen molar-refractivity contribution in [3.8, 4) is 0 Å². The van der Waals surface area contributed by atoms with Crippen molar-refractivity contribution in [2.24, 2.45) is 5.84 Å². The fourth-order valence-electron chi connectivity index (χ4n) is 1.34. The largest absolute Gasteiger partial charge is 0.271 e. The smallest absolute Gasteiger partial charge is 0.0728 e. The molecule has 0 saturated carbocycles. The molecule has 3 nitrogen and oxygen atoms in total. The number of nitrogens with one attached hydrogen (secondary N) is 1. The summed E-state index contributed by atoms with van der Waals surface area (Å²) in [6.07, 6.45) is 3.62. The first kappa shape index (κ1) is 12.4. The van der Waals surface area contributed by atoms with Crippen molar-refractivity contribution in [3.63, 3.8) is 0 Å². The molecule has 3 N–H and O–H groups in total.